The lowest BCUT2D eigenvalue weighted by Crippen LogP contribution is -2.39. The fourth-order valence-corrected chi connectivity index (χ4v) is 10.6. The third kappa shape index (κ3) is 15.5. The Hall–Kier alpha value is -3.01. The summed E-state index contributed by atoms with van der Waals surface area (Å²) in [6.07, 6.45) is 19.4. The number of hydrogen-bond donors (Lipinski definition) is 1. The van der Waals surface area contributed by atoms with Gasteiger partial charge in [0.2, 0.25) is 0 Å². The standard InChI is InChI=1S/C50H73Cl2N4O10P/c1-6-7-8-9-10-11-12-13-14-15-16-17-18-19-20-23-30-59-33-38(60-32-37-26-28-42(58-5)40(52)31-37)34-61-67(57,66-43-25-22-21-24-39(43)51)62-35-44-46-47(65-49(2,3)64-46)50(4,63-44)45-29-27-41-48(53)54-36-55-56(41)45/h21-22,24-29,31,36,38,44,46-47H,6-20,23,30,32-35H2,1-5H3,(H2,53,54,55)/t38-,44-,46-,47-,50+,67?/m1/s1. The fourth-order valence-electron chi connectivity index (χ4n) is 8.79. The first-order valence-corrected chi connectivity index (χ1v) is 26.5. The third-order valence-electron chi connectivity index (χ3n) is 12.4. The number of methoxy groups -OCH3 is 1. The number of aromatic nitrogens is 3. The van der Waals surface area contributed by atoms with Crippen LogP contribution in [0.3, 0.4) is 0 Å². The van der Waals surface area contributed by atoms with Crippen molar-refractivity contribution in [2.45, 2.75) is 173 Å². The Bertz CT molecular complexity index is 2160. The molecule has 2 saturated heterocycles. The molecule has 2 fully saturated rings. The molecule has 0 amide bonds. The van der Waals surface area contributed by atoms with Gasteiger partial charge in [0.05, 0.1) is 49.3 Å². The molecule has 6 rings (SSSR count). The number of phosphoric ester groups is 1. The van der Waals surface area contributed by atoms with Gasteiger partial charge < -0.3 is 38.7 Å². The number of unbranched alkanes of at least 4 members (excludes halogenated alkanes) is 15. The Kier molecular flexibility index (Phi) is 20.9. The van der Waals surface area contributed by atoms with Crippen LogP contribution in [0.15, 0.2) is 60.9 Å². The van der Waals surface area contributed by atoms with Gasteiger partial charge in [-0.15, -0.1) is 0 Å². The van der Waals surface area contributed by atoms with Crippen molar-refractivity contribution in [2.75, 3.05) is 39.3 Å². The Morgan fingerprint density at radius 2 is 1.46 bits per heavy atom. The number of fused-ring (bicyclic) bond motifs is 2. The lowest BCUT2D eigenvalue weighted by atomic mass is 9.93. The molecule has 2 aliphatic heterocycles. The van der Waals surface area contributed by atoms with Gasteiger partial charge in [-0.1, -0.05) is 145 Å². The minimum absolute atomic E-state index is 0.117. The van der Waals surface area contributed by atoms with Crippen LogP contribution in [0.2, 0.25) is 10.0 Å². The molecule has 2 aromatic carbocycles. The fraction of sp³-hybridized carbons (Fsp3) is 0.640. The number of nitrogens with zero attached hydrogens (tertiary/aromatic N) is 3. The average Bonchev–Trinajstić information content (AvgIpc) is 3.97. The van der Waals surface area contributed by atoms with Crippen molar-refractivity contribution < 1.29 is 46.6 Å². The number of nitrogen functional groups attached to an aromatic ring is 1. The summed E-state index contributed by atoms with van der Waals surface area (Å²) in [5.74, 6) is 0.0300. The predicted octanol–water partition coefficient (Wildman–Crippen LogP) is 12.8. The number of hydrogen-bond acceptors (Lipinski definition) is 13. The lowest BCUT2D eigenvalue weighted by molar-refractivity contribution is -0.212. The highest BCUT2D eigenvalue weighted by Gasteiger charge is 2.62. The Morgan fingerprint density at radius 3 is 2.12 bits per heavy atom. The molecule has 0 spiro atoms. The Balaban J connectivity index is 1.05. The molecule has 372 valence electrons. The van der Waals surface area contributed by atoms with Gasteiger partial charge in [0.25, 0.3) is 0 Å². The van der Waals surface area contributed by atoms with Gasteiger partial charge in [0.1, 0.15) is 53.4 Å². The molecule has 14 nitrogen and oxygen atoms in total. The van der Waals surface area contributed by atoms with Gasteiger partial charge in [-0.25, -0.2) is 14.1 Å². The minimum Gasteiger partial charge on any atom is -0.495 e. The van der Waals surface area contributed by atoms with E-state index >= 15 is 0 Å². The quantitative estimate of drug-likeness (QED) is 0.0365. The van der Waals surface area contributed by atoms with Gasteiger partial charge in [0, 0.05) is 6.61 Å². The van der Waals surface area contributed by atoms with Crippen LogP contribution in [0.5, 0.6) is 11.5 Å². The largest absolute Gasteiger partial charge is 0.530 e. The average molecular weight is 992 g/mol. The van der Waals surface area contributed by atoms with Crippen LogP contribution < -0.4 is 15.0 Å². The molecule has 2 aliphatic rings. The number of phosphoric acid groups is 1. The van der Waals surface area contributed by atoms with Crippen LogP contribution in [0.25, 0.3) is 5.52 Å². The van der Waals surface area contributed by atoms with E-state index in [0.717, 1.165) is 18.4 Å². The van der Waals surface area contributed by atoms with Crippen LogP contribution in [0, 0.1) is 0 Å². The highest BCUT2D eigenvalue weighted by molar-refractivity contribution is 7.49. The van der Waals surface area contributed by atoms with Crippen molar-refractivity contribution in [1.82, 2.24) is 14.6 Å². The molecule has 0 bridgehead atoms. The molecule has 2 aromatic heterocycles. The first-order valence-electron chi connectivity index (χ1n) is 24.3. The van der Waals surface area contributed by atoms with E-state index in [1.165, 1.54) is 96.2 Å². The summed E-state index contributed by atoms with van der Waals surface area (Å²) in [5.41, 5.74) is 7.17. The van der Waals surface area contributed by atoms with Gasteiger partial charge in [-0.2, -0.15) is 5.10 Å². The number of rotatable bonds is 32. The third-order valence-corrected chi connectivity index (χ3v) is 14.4. The number of halogens is 2. The van der Waals surface area contributed by atoms with Crippen LogP contribution in [-0.4, -0.2) is 78.3 Å². The molecule has 67 heavy (non-hydrogen) atoms. The monoisotopic (exact) mass is 990 g/mol. The summed E-state index contributed by atoms with van der Waals surface area (Å²) >= 11 is 13.0. The smallest absolute Gasteiger partial charge is 0.495 e. The van der Waals surface area contributed by atoms with Crippen LogP contribution >= 0.6 is 31.0 Å². The highest BCUT2D eigenvalue weighted by atomic mass is 35.5. The summed E-state index contributed by atoms with van der Waals surface area (Å²) in [5, 5.41) is 5.13. The van der Waals surface area contributed by atoms with Crippen molar-refractivity contribution in [3.63, 3.8) is 0 Å². The summed E-state index contributed by atoms with van der Waals surface area (Å²) in [6, 6.07) is 15.8. The Morgan fingerprint density at radius 1 is 0.791 bits per heavy atom. The molecule has 0 saturated carbocycles. The number of benzene rings is 2. The van der Waals surface area contributed by atoms with E-state index in [0.29, 0.717) is 34.4 Å². The summed E-state index contributed by atoms with van der Waals surface area (Å²) < 4.78 is 72.3. The molecule has 0 aliphatic carbocycles. The molecular weight excluding hydrogens is 918 g/mol. The summed E-state index contributed by atoms with van der Waals surface area (Å²) in [6.45, 7) is 8.25. The first kappa shape index (κ1) is 53.3. The molecule has 17 heteroatoms. The second kappa shape index (κ2) is 26.3. The molecular formula is C50H73Cl2N4O10P. The molecule has 0 radical (unpaired) electrons. The molecule has 4 aromatic rings. The highest BCUT2D eigenvalue weighted by Crippen LogP contribution is 2.54. The van der Waals surface area contributed by atoms with Crippen LogP contribution in [0.1, 0.15) is 142 Å². The van der Waals surface area contributed by atoms with Gasteiger partial charge in [0.15, 0.2) is 11.6 Å². The SMILES string of the molecule is CCCCCCCCCCCCCCCCCCOC[C@H](COP(=O)(OC[C@H]1O[C@@](C)(c2ccc3c(N)ncnn23)[C@@H]2OC(C)(C)O[C@@H]21)Oc1ccccc1Cl)OCc1ccc(OC)c(Cl)c1. The second-order valence-electron chi connectivity index (χ2n) is 18.3. The number of para-hydroxylation sites is 1. The van der Waals surface area contributed by atoms with E-state index < -0.39 is 43.6 Å². The minimum atomic E-state index is -4.46. The zero-order chi connectivity index (χ0) is 47.7. The first-order chi connectivity index (χ1) is 32.3. The van der Waals surface area contributed by atoms with Crippen molar-refractivity contribution in [1.29, 1.82) is 0 Å². The summed E-state index contributed by atoms with van der Waals surface area (Å²) in [4.78, 5) is 4.13. The number of anilines is 1. The molecule has 4 heterocycles. The number of nitrogens with two attached hydrogens (primary N) is 1. The zero-order valence-electron chi connectivity index (χ0n) is 40.1. The second-order valence-corrected chi connectivity index (χ2v) is 20.7. The van der Waals surface area contributed by atoms with E-state index in [2.05, 4.69) is 17.0 Å². The van der Waals surface area contributed by atoms with E-state index in [9.17, 15) is 4.57 Å². The van der Waals surface area contributed by atoms with Crippen molar-refractivity contribution >= 4 is 42.4 Å². The Labute approximate surface area is 407 Å². The van der Waals surface area contributed by atoms with Gasteiger partial charge >= 0.3 is 7.82 Å². The zero-order valence-corrected chi connectivity index (χ0v) is 42.5. The van der Waals surface area contributed by atoms with E-state index in [4.69, 9.17) is 70.9 Å². The van der Waals surface area contributed by atoms with Gasteiger partial charge in [-0.3, -0.25) is 9.05 Å². The predicted molar refractivity (Wildman–Crippen MR) is 262 cm³/mol. The van der Waals surface area contributed by atoms with Gasteiger partial charge in [-0.05, 0) is 69.2 Å². The van der Waals surface area contributed by atoms with Crippen LogP contribution in [0.4, 0.5) is 5.82 Å². The van der Waals surface area contributed by atoms with E-state index in [1.54, 1.807) is 48.0 Å². The number of ether oxygens (including phenoxy) is 6. The molecule has 1 unspecified atom stereocenters. The van der Waals surface area contributed by atoms with E-state index in [1.807, 2.05) is 39.0 Å². The lowest BCUT2D eigenvalue weighted by Gasteiger charge is -2.31. The summed E-state index contributed by atoms with van der Waals surface area (Å²) in [7, 11) is -2.90. The van der Waals surface area contributed by atoms with E-state index in [-0.39, 0.29) is 37.2 Å². The maximum absolute atomic E-state index is 14.8. The maximum Gasteiger partial charge on any atom is 0.530 e. The molecule has 6 atom stereocenters. The molecule has 2 N–H and O–H groups in total. The van der Waals surface area contributed by atoms with Crippen molar-refractivity contribution in [3.8, 4) is 11.5 Å². The topological polar surface area (TPSA) is 156 Å². The van der Waals surface area contributed by atoms with Crippen LogP contribution in [-0.2, 0) is 49.5 Å². The normalized spacial score (nSPS) is 21.4. The van der Waals surface area contributed by atoms with Crippen molar-refractivity contribution in [3.05, 3.63) is 82.2 Å². The van der Waals surface area contributed by atoms with Crippen molar-refractivity contribution in [2.24, 2.45) is 0 Å². The maximum atomic E-state index is 14.8.